The van der Waals surface area contributed by atoms with Gasteiger partial charge in [0, 0.05) is 13.2 Å². The SMILES string of the molecule is CCNC(CC(C)(C)OC)c1ccc(F)cc1. The number of ether oxygens (including phenoxy) is 1. The summed E-state index contributed by atoms with van der Waals surface area (Å²) in [6.07, 6.45) is 0.850. The standard InChI is InChI=1S/C14H22FNO/c1-5-16-13(10-14(2,3)17-4)11-6-8-12(15)9-7-11/h6-9,13,16H,5,10H2,1-4H3. The van der Waals surface area contributed by atoms with E-state index in [0.717, 1.165) is 18.5 Å². The predicted molar refractivity (Wildman–Crippen MR) is 68.5 cm³/mol. The van der Waals surface area contributed by atoms with Gasteiger partial charge in [-0.25, -0.2) is 4.39 Å². The molecule has 17 heavy (non-hydrogen) atoms. The summed E-state index contributed by atoms with van der Waals surface area (Å²) in [7, 11) is 1.72. The molecular weight excluding hydrogens is 217 g/mol. The van der Waals surface area contributed by atoms with Crippen LogP contribution < -0.4 is 5.32 Å². The Bertz CT molecular complexity index is 335. The molecule has 0 saturated heterocycles. The molecule has 0 aliphatic carbocycles. The van der Waals surface area contributed by atoms with E-state index in [1.165, 1.54) is 12.1 Å². The summed E-state index contributed by atoms with van der Waals surface area (Å²) in [5.74, 6) is -0.199. The first kappa shape index (κ1) is 14.1. The second-order valence-electron chi connectivity index (χ2n) is 4.83. The molecule has 1 aromatic carbocycles. The van der Waals surface area contributed by atoms with Gasteiger partial charge in [0.15, 0.2) is 0 Å². The fraction of sp³-hybridized carbons (Fsp3) is 0.571. The lowest BCUT2D eigenvalue weighted by molar-refractivity contribution is 0.00697. The summed E-state index contributed by atoms with van der Waals surface area (Å²) in [4.78, 5) is 0. The molecule has 0 amide bonds. The van der Waals surface area contributed by atoms with Gasteiger partial charge in [-0.3, -0.25) is 0 Å². The second-order valence-corrected chi connectivity index (χ2v) is 4.83. The minimum atomic E-state index is -0.199. The van der Waals surface area contributed by atoms with Gasteiger partial charge in [-0.1, -0.05) is 19.1 Å². The normalized spacial score (nSPS) is 13.7. The van der Waals surface area contributed by atoms with Crippen LogP contribution in [-0.2, 0) is 4.74 Å². The zero-order valence-corrected chi connectivity index (χ0v) is 11.1. The van der Waals surface area contributed by atoms with E-state index in [1.807, 2.05) is 12.1 Å². The van der Waals surface area contributed by atoms with Crippen LogP contribution in [0.2, 0.25) is 0 Å². The molecule has 0 heterocycles. The Kier molecular flexibility index (Phi) is 5.09. The summed E-state index contributed by atoms with van der Waals surface area (Å²) in [6, 6.07) is 6.84. The molecule has 96 valence electrons. The van der Waals surface area contributed by atoms with Gasteiger partial charge in [0.25, 0.3) is 0 Å². The Morgan fingerprint density at radius 2 is 1.88 bits per heavy atom. The van der Waals surface area contributed by atoms with Crippen LogP contribution in [0, 0.1) is 5.82 Å². The molecule has 0 aromatic heterocycles. The van der Waals surface area contributed by atoms with Gasteiger partial charge in [-0.05, 0) is 44.5 Å². The van der Waals surface area contributed by atoms with Crippen molar-refractivity contribution in [1.82, 2.24) is 5.32 Å². The van der Waals surface area contributed by atoms with Crippen molar-refractivity contribution >= 4 is 0 Å². The van der Waals surface area contributed by atoms with Crippen molar-refractivity contribution in [2.24, 2.45) is 0 Å². The van der Waals surface area contributed by atoms with Gasteiger partial charge in [-0.15, -0.1) is 0 Å². The van der Waals surface area contributed by atoms with Crippen molar-refractivity contribution < 1.29 is 9.13 Å². The first-order valence-electron chi connectivity index (χ1n) is 6.02. The number of halogens is 1. The zero-order chi connectivity index (χ0) is 12.9. The van der Waals surface area contributed by atoms with Crippen LogP contribution in [-0.4, -0.2) is 19.3 Å². The monoisotopic (exact) mass is 239 g/mol. The van der Waals surface area contributed by atoms with E-state index in [-0.39, 0.29) is 17.5 Å². The Labute approximate surface area is 103 Å². The second kappa shape index (κ2) is 6.12. The molecule has 1 atom stereocenters. The van der Waals surface area contributed by atoms with E-state index in [4.69, 9.17) is 4.74 Å². The zero-order valence-electron chi connectivity index (χ0n) is 11.1. The Balaban J connectivity index is 2.81. The summed E-state index contributed by atoms with van der Waals surface area (Å²) in [6.45, 7) is 7.06. The number of methoxy groups -OCH3 is 1. The number of hydrogen-bond acceptors (Lipinski definition) is 2. The highest BCUT2D eigenvalue weighted by Gasteiger charge is 2.23. The number of hydrogen-bond donors (Lipinski definition) is 1. The fourth-order valence-corrected chi connectivity index (χ4v) is 1.82. The van der Waals surface area contributed by atoms with Crippen LogP contribution in [0.25, 0.3) is 0 Å². The molecule has 1 rings (SSSR count). The lowest BCUT2D eigenvalue weighted by atomic mass is 9.93. The lowest BCUT2D eigenvalue weighted by Gasteiger charge is -2.29. The van der Waals surface area contributed by atoms with Gasteiger partial charge in [-0.2, -0.15) is 0 Å². The van der Waals surface area contributed by atoms with Crippen LogP contribution in [0.1, 0.15) is 38.8 Å². The third-order valence-corrected chi connectivity index (χ3v) is 2.97. The molecule has 0 spiro atoms. The topological polar surface area (TPSA) is 21.3 Å². The molecule has 0 aliphatic rings. The molecule has 0 fully saturated rings. The van der Waals surface area contributed by atoms with Crippen LogP contribution >= 0.6 is 0 Å². The van der Waals surface area contributed by atoms with Crippen molar-refractivity contribution in [2.45, 2.75) is 38.8 Å². The molecule has 0 bridgehead atoms. The molecule has 1 N–H and O–H groups in total. The summed E-state index contributed by atoms with van der Waals surface area (Å²) in [5, 5.41) is 3.41. The van der Waals surface area contributed by atoms with E-state index in [2.05, 4.69) is 26.1 Å². The third-order valence-electron chi connectivity index (χ3n) is 2.97. The Morgan fingerprint density at radius 1 is 1.29 bits per heavy atom. The van der Waals surface area contributed by atoms with E-state index in [0.29, 0.717) is 0 Å². The largest absolute Gasteiger partial charge is 0.379 e. The maximum absolute atomic E-state index is 12.9. The molecule has 1 unspecified atom stereocenters. The van der Waals surface area contributed by atoms with Crippen LogP contribution in [0.5, 0.6) is 0 Å². The maximum atomic E-state index is 12.9. The van der Waals surface area contributed by atoms with Crippen LogP contribution in [0.3, 0.4) is 0 Å². The molecule has 2 nitrogen and oxygen atoms in total. The Morgan fingerprint density at radius 3 is 2.35 bits per heavy atom. The van der Waals surface area contributed by atoms with Crippen molar-refractivity contribution in [3.8, 4) is 0 Å². The molecule has 0 saturated carbocycles. The van der Waals surface area contributed by atoms with Crippen molar-refractivity contribution in [3.63, 3.8) is 0 Å². The van der Waals surface area contributed by atoms with Crippen molar-refractivity contribution in [3.05, 3.63) is 35.6 Å². The van der Waals surface area contributed by atoms with Crippen LogP contribution in [0.15, 0.2) is 24.3 Å². The van der Waals surface area contributed by atoms with Gasteiger partial charge in [0.2, 0.25) is 0 Å². The molecule has 3 heteroatoms. The van der Waals surface area contributed by atoms with Gasteiger partial charge in [0.05, 0.1) is 5.60 Å². The number of rotatable bonds is 6. The van der Waals surface area contributed by atoms with E-state index < -0.39 is 0 Å². The molecule has 0 radical (unpaired) electrons. The van der Waals surface area contributed by atoms with Crippen LogP contribution in [0.4, 0.5) is 4.39 Å². The summed E-state index contributed by atoms with van der Waals surface area (Å²) >= 11 is 0. The number of benzene rings is 1. The quantitative estimate of drug-likeness (QED) is 0.822. The summed E-state index contributed by atoms with van der Waals surface area (Å²) in [5.41, 5.74) is 0.902. The minimum Gasteiger partial charge on any atom is -0.379 e. The average molecular weight is 239 g/mol. The average Bonchev–Trinajstić information content (AvgIpc) is 2.29. The Hall–Kier alpha value is -0.930. The van der Waals surface area contributed by atoms with Crippen molar-refractivity contribution in [2.75, 3.05) is 13.7 Å². The van der Waals surface area contributed by atoms with Gasteiger partial charge in [0.1, 0.15) is 5.82 Å². The maximum Gasteiger partial charge on any atom is 0.123 e. The van der Waals surface area contributed by atoms with E-state index in [1.54, 1.807) is 7.11 Å². The molecule has 0 aliphatic heterocycles. The third kappa shape index (κ3) is 4.44. The van der Waals surface area contributed by atoms with Gasteiger partial charge < -0.3 is 10.1 Å². The highest BCUT2D eigenvalue weighted by atomic mass is 19.1. The predicted octanol–water partition coefficient (Wildman–Crippen LogP) is 3.29. The smallest absolute Gasteiger partial charge is 0.123 e. The molecule has 1 aromatic rings. The number of nitrogens with one attached hydrogen (secondary N) is 1. The van der Waals surface area contributed by atoms with E-state index >= 15 is 0 Å². The first-order chi connectivity index (χ1) is 7.98. The van der Waals surface area contributed by atoms with E-state index in [9.17, 15) is 4.39 Å². The van der Waals surface area contributed by atoms with Gasteiger partial charge >= 0.3 is 0 Å². The molecular formula is C14H22FNO. The summed E-state index contributed by atoms with van der Waals surface area (Å²) < 4.78 is 18.3. The lowest BCUT2D eigenvalue weighted by Crippen LogP contribution is -2.32. The highest BCUT2D eigenvalue weighted by molar-refractivity contribution is 5.20. The van der Waals surface area contributed by atoms with Crippen molar-refractivity contribution in [1.29, 1.82) is 0 Å². The fourth-order valence-electron chi connectivity index (χ4n) is 1.82. The minimum absolute atomic E-state index is 0.190. The first-order valence-corrected chi connectivity index (χ1v) is 6.02. The highest BCUT2D eigenvalue weighted by Crippen LogP contribution is 2.26.